The fourth-order valence-electron chi connectivity index (χ4n) is 12.9. The first-order valence-electron chi connectivity index (χ1n) is 41.7. The van der Waals surface area contributed by atoms with Gasteiger partial charge in [0.15, 0.2) is 18.9 Å². The molecule has 17 atom stereocenters. The van der Waals surface area contributed by atoms with Gasteiger partial charge in [-0.05, 0) is 122 Å². The highest BCUT2D eigenvalue weighted by atomic mass is 16.8. The molecule has 0 aromatic carbocycles. The van der Waals surface area contributed by atoms with Crippen LogP contribution >= 0.6 is 0 Å². The lowest BCUT2D eigenvalue weighted by molar-refractivity contribution is -0.379. The molecule has 3 aliphatic heterocycles. The summed E-state index contributed by atoms with van der Waals surface area (Å²) in [6, 6.07) is -1.02. The molecule has 108 heavy (non-hydrogen) atoms. The van der Waals surface area contributed by atoms with Gasteiger partial charge in [0, 0.05) is 6.42 Å². The van der Waals surface area contributed by atoms with Crippen molar-refractivity contribution in [2.45, 2.75) is 369 Å². The van der Waals surface area contributed by atoms with Crippen LogP contribution in [0.4, 0.5) is 0 Å². The molecular formula is C89H147NO18. The van der Waals surface area contributed by atoms with Crippen LogP contribution in [0, 0.1) is 0 Å². The Bertz CT molecular complexity index is 2570. The van der Waals surface area contributed by atoms with Crippen molar-refractivity contribution in [2.75, 3.05) is 26.4 Å². The van der Waals surface area contributed by atoms with Gasteiger partial charge in [0.05, 0.1) is 38.6 Å². The van der Waals surface area contributed by atoms with Gasteiger partial charge in [0.2, 0.25) is 5.91 Å². The smallest absolute Gasteiger partial charge is 0.220 e. The van der Waals surface area contributed by atoms with E-state index in [0.29, 0.717) is 12.8 Å². The van der Waals surface area contributed by atoms with Crippen LogP contribution in [0.3, 0.4) is 0 Å². The number of ether oxygens (including phenoxy) is 6. The zero-order chi connectivity index (χ0) is 78.1. The largest absolute Gasteiger partial charge is 0.394 e. The fraction of sp³-hybridized carbons (Fsp3) is 0.697. The summed E-state index contributed by atoms with van der Waals surface area (Å²) in [5.41, 5.74) is 0. The van der Waals surface area contributed by atoms with Crippen molar-refractivity contribution in [2.24, 2.45) is 0 Å². The average molecular weight is 1520 g/mol. The van der Waals surface area contributed by atoms with Crippen molar-refractivity contribution < 1.29 is 89.4 Å². The van der Waals surface area contributed by atoms with Crippen molar-refractivity contribution in [3.63, 3.8) is 0 Å². The van der Waals surface area contributed by atoms with Gasteiger partial charge < -0.3 is 89.9 Å². The molecule has 0 aromatic rings. The van der Waals surface area contributed by atoms with Crippen LogP contribution in [0.2, 0.25) is 0 Å². The molecule has 0 saturated carbocycles. The number of carbonyl (C=O) groups excluding carboxylic acids is 1. The zero-order valence-electron chi connectivity index (χ0n) is 66.0. The minimum absolute atomic E-state index is 0.204. The molecule has 3 fully saturated rings. The summed E-state index contributed by atoms with van der Waals surface area (Å²) < 4.78 is 34.4. The Labute approximate surface area is 650 Å². The summed E-state index contributed by atoms with van der Waals surface area (Å²) in [5.74, 6) is -0.309. The number of unbranched alkanes of at least 4 members (excludes halogenated alkanes) is 24. The van der Waals surface area contributed by atoms with Crippen molar-refractivity contribution >= 4 is 5.91 Å². The first-order chi connectivity index (χ1) is 52.8. The number of hydrogen-bond donors (Lipinski definition) is 12. The minimum Gasteiger partial charge on any atom is -0.394 e. The molecule has 0 aliphatic carbocycles. The summed E-state index contributed by atoms with van der Waals surface area (Å²) in [4.78, 5) is 13.5. The molecule has 17 unspecified atom stereocenters. The molecule has 19 nitrogen and oxygen atoms in total. The molecule has 616 valence electrons. The summed E-state index contributed by atoms with van der Waals surface area (Å²) >= 11 is 0. The van der Waals surface area contributed by atoms with E-state index in [4.69, 9.17) is 28.4 Å². The van der Waals surface area contributed by atoms with Crippen molar-refractivity contribution in [1.29, 1.82) is 0 Å². The van der Waals surface area contributed by atoms with Gasteiger partial charge in [-0.15, -0.1) is 0 Å². The Balaban J connectivity index is 1.39. The van der Waals surface area contributed by atoms with Crippen LogP contribution in [0.15, 0.2) is 158 Å². The number of nitrogens with one attached hydrogen (secondary N) is 1. The molecule has 0 bridgehead atoms. The van der Waals surface area contributed by atoms with Crippen LogP contribution < -0.4 is 5.32 Å². The van der Waals surface area contributed by atoms with Crippen LogP contribution in [-0.2, 0) is 33.2 Å². The lowest BCUT2D eigenvalue weighted by Gasteiger charge is -2.48. The van der Waals surface area contributed by atoms with E-state index in [1.54, 1.807) is 6.08 Å². The molecule has 3 aliphatic rings. The Kier molecular flexibility index (Phi) is 60.5. The minimum atomic E-state index is -1.99. The molecule has 0 radical (unpaired) electrons. The summed E-state index contributed by atoms with van der Waals surface area (Å²) in [7, 11) is 0. The lowest BCUT2D eigenvalue weighted by Crippen LogP contribution is -2.66. The standard InChI is InChI=1S/C89H147NO18/c1-3-5-7-9-11-13-15-17-19-21-23-25-27-29-31-32-33-34-35-36-37-38-39-40-41-43-45-47-49-51-53-55-57-59-61-63-65-67-77(95)90-72(73(94)66-64-62-60-58-56-54-52-50-48-46-44-42-30-28-26-24-22-20-18-16-14-12-10-8-6-4-2)71-103-87-83(101)80(98)85(75(69-92)105-87)108-89-84(102)81(99)86(76(70-93)106-89)107-88-82(100)79(97)78(96)74(68-91)104-88/h5,7,11,13,17,19,23,25,29,31,33-34,36-37,39-40,43,45,48-51,56,58,64,66,72-76,78-89,91-94,96-102H,3-4,6,8-10,12,14-16,18,20-22,24,26-28,30,32,35,38,41-42,44,46-47,52-55,57,59-63,65,67-71H2,1-2H3,(H,90,95)/b7-5-,13-11-,19-17-,25-23-,31-29-,34-33-,37-36-,40-39-,45-43-,50-48+,51-49-,58-56+,66-64+. The SMILES string of the molecule is CC/C=C\C/C=C\C/C=C\C/C=C\C/C=C\C/C=C\C/C=C\C/C=C\C/C=C\C/C=C\CCCCCCCCC(=O)NC(COC1OC(CO)C(OC2OC(CO)C(OC3OC(CO)C(O)C(O)C3O)C(O)C2O)C(O)C1O)C(O)/C=C/CC/C=C/CC/C=C/CCCCCCCCCCCCCCCCCC. The fourth-order valence-corrected chi connectivity index (χ4v) is 12.9. The Morgan fingerprint density at radius 3 is 1.04 bits per heavy atom. The quantitative estimate of drug-likeness (QED) is 0.0199. The maximum absolute atomic E-state index is 13.5. The first-order valence-corrected chi connectivity index (χ1v) is 41.7. The van der Waals surface area contributed by atoms with Crippen molar-refractivity contribution in [3.8, 4) is 0 Å². The topological polar surface area (TPSA) is 307 Å². The van der Waals surface area contributed by atoms with Crippen LogP contribution in [0.25, 0.3) is 0 Å². The van der Waals surface area contributed by atoms with Crippen LogP contribution in [-0.4, -0.2) is 193 Å². The number of carbonyl (C=O) groups is 1. The number of amides is 1. The molecule has 19 heteroatoms. The van der Waals surface area contributed by atoms with E-state index in [-0.39, 0.29) is 18.9 Å². The zero-order valence-corrected chi connectivity index (χ0v) is 66.0. The molecule has 3 rings (SSSR count). The van der Waals surface area contributed by atoms with E-state index in [0.717, 1.165) is 128 Å². The third-order valence-corrected chi connectivity index (χ3v) is 19.5. The van der Waals surface area contributed by atoms with Crippen molar-refractivity contribution in [1.82, 2.24) is 5.32 Å². The van der Waals surface area contributed by atoms with E-state index in [9.17, 15) is 61.0 Å². The normalized spacial score (nSPS) is 26.2. The predicted octanol–water partition coefficient (Wildman–Crippen LogP) is 14.8. The van der Waals surface area contributed by atoms with E-state index < -0.39 is 124 Å². The lowest BCUT2D eigenvalue weighted by atomic mass is 9.96. The Hall–Kier alpha value is -4.59. The summed E-state index contributed by atoms with van der Waals surface area (Å²) in [6.45, 7) is 1.59. The summed E-state index contributed by atoms with van der Waals surface area (Å²) in [5, 5.41) is 121. The average Bonchev–Trinajstić information content (AvgIpc) is 0.779. The molecule has 1 amide bonds. The van der Waals surface area contributed by atoms with E-state index in [2.05, 4.69) is 165 Å². The number of hydrogen-bond acceptors (Lipinski definition) is 18. The van der Waals surface area contributed by atoms with E-state index in [1.165, 1.54) is 103 Å². The molecule has 12 N–H and O–H groups in total. The van der Waals surface area contributed by atoms with Gasteiger partial charge in [-0.1, -0.05) is 294 Å². The number of allylic oxidation sites excluding steroid dienone is 25. The van der Waals surface area contributed by atoms with E-state index in [1.807, 2.05) is 6.08 Å². The van der Waals surface area contributed by atoms with Gasteiger partial charge in [0.25, 0.3) is 0 Å². The van der Waals surface area contributed by atoms with E-state index >= 15 is 0 Å². The highest BCUT2D eigenvalue weighted by molar-refractivity contribution is 5.76. The van der Waals surface area contributed by atoms with Gasteiger partial charge in [-0.25, -0.2) is 0 Å². The van der Waals surface area contributed by atoms with Gasteiger partial charge in [-0.2, -0.15) is 0 Å². The number of aliphatic hydroxyl groups is 11. The third-order valence-electron chi connectivity index (χ3n) is 19.5. The molecule has 0 aromatic heterocycles. The highest BCUT2D eigenvalue weighted by Gasteiger charge is 2.54. The number of rotatable bonds is 64. The molecule has 3 heterocycles. The summed E-state index contributed by atoms with van der Waals surface area (Å²) in [6.07, 6.45) is 72.2. The van der Waals surface area contributed by atoms with Crippen LogP contribution in [0.5, 0.6) is 0 Å². The van der Waals surface area contributed by atoms with Crippen molar-refractivity contribution in [3.05, 3.63) is 158 Å². The van der Waals surface area contributed by atoms with Gasteiger partial charge >= 0.3 is 0 Å². The maximum atomic E-state index is 13.5. The second-order valence-corrected chi connectivity index (χ2v) is 28.8. The first kappa shape index (κ1) is 97.6. The monoisotopic (exact) mass is 1520 g/mol. The van der Waals surface area contributed by atoms with Gasteiger partial charge in [-0.3, -0.25) is 4.79 Å². The molecule has 3 saturated heterocycles. The predicted molar refractivity (Wildman–Crippen MR) is 433 cm³/mol. The second kappa shape index (κ2) is 67.0. The third kappa shape index (κ3) is 45.8. The van der Waals surface area contributed by atoms with Crippen LogP contribution in [0.1, 0.15) is 264 Å². The molecule has 0 spiro atoms. The maximum Gasteiger partial charge on any atom is 0.220 e. The highest BCUT2D eigenvalue weighted by Crippen LogP contribution is 2.33. The Morgan fingerprint density at radius 1 is 0.343 bits per heavy atom. The van der Waals surface area contributed by atoms with Gasteiger partial charge in [0.1, 0.15) is 73.2 Å². The molecular weight excluding hydrogens is 1370 g/mol. The second-order valence-electron chi connectivity index (χ2n) is 28.8. The Morgan fingerprint density at radius 2 is 0.648 bits per heavy atom. The number of aliphatic hydroxyl groups excluding tert-OH is 11.